The number of fused-ring (bicyclic) bond motifs is 1. The van der Waals surface area contributed by atoms with Crippen LogP contribution < -0.4 is 5.73 Å². The van der Waals surface area contributed by atoms with Crippen LogP contribution in [0.15, 0.2) is 30.5 Å². The maximum atomic E-state index is 6.12. The van der Waals surface area contributed by atoms with Crippen LogP contribution in [0.2, 0.25) is 0 Å². The van der Waals surface area contributed by atoms with Gasteiger partial charge in [0.1, 0.15) is 0 Å². The van der Waals surface area contributed by atoms with Crippen LogP contribution >= 0.6 is 11.3 Å². The van der Waals surface area contributed by atoms with Crippen molar-refractivity contribution in [2.45, 2.75) is 31.6 Å². The minimum atomic E-state index is 0.134. The Morgan fingerprint density at radius 1 is 1.39 bits per heavy atom. The molecule has 1 unspecified atom stereocenters. The second-order valence-corrected chi connectivity index (χ2v) is 6.48. The molecule has 3 rings (SSSR count). The lowest BCUT2D eigenvalue weighted by Crippen LogP contribution is -2.34. The third-order valence-corrected chi connectivity index (χ3v) is 4.95. The third kappa shape index (κ3) is 1.88. The average molecular weight is 258 g/mol. The molecular weight excluding hydrogens is 240 g/mol. The van der Waals surface area contributed by atoms with Crippen molar-refractivity contribution in [3.63, 3.8) is 0 Å². The van der Waals surface area contributed by atoms with Crippen molar-refractivity contribution in [3.05, 3.63) is 51.5 Å². The molecule has 0 aliphatic heterocycles. The first kappa shape index (κ1) is 11.9. The Bertz CT molecular complexity index is 561. The number of hydrogen-bond acceptors (Lipinski definition) is 3. The number of nitrogens with zero attached hydrogens (tertiary/aromatic N) is 1. The first-order chi connectivity index (χ1) is 8.73. The normalized spacial score (nSPS) is 22.1. The molecule has 1 aromatic carbocycles. The molecule has 1 heterocycles. The van der Waals surface area contributed by atoms with Crippen LogP contribution in [0.1, 0.15) is 27.4 Å². The molecule has 2 N–H and O–H groups in total. The van der Waals surface area contributed by atoms with Crippen LogP contribution in [0.3, 0.4) is 0 Å². The van der Waals surface area contributed by atoms with E-state index >= 15 is 0 Å². The van der Waals surface area contributed by atoms with Gasteiger partial charge in [0.05, 0.1) is 5.01 Å². The van der Waals surface area contributed by atoms with E-state index in [9.17, 15) is 0 Å². The second kappa shape index (κ2) is 4.48. The van der Waals surface area contributed by atoms with E-state index in [0.717, 1.165) is 24.4 Å². The van der Waals surface area contributed by atoms with Crippen LogP contribution in [-0.4, -0.2) is 11.5 Å². The number of thiazole rings is 1. The summed E-state index contributed by atoms with van der Waals surface area (Å²) in [6.45, 7) is 2.78. The summed E-state index contributed by atoms with van der Waals surface area (Å²) in [5.41, 5.74) is 9.19. The first-order valence-electron chi connectivity index (χ1n) is 6.43. The largest absolute Gasteiger partial charge is 0.330 e. The number of nitrogens with two attached hydrogens (primary N) is 1. The highest BCUT2D eigenvalue weighted by molar-refractivity contribution is 7.11. The molecule has 2 aromatic rings. The molecule has 0 amide bonds. The molecule has 1 aliphatic rings. The summed E-state index contributed by atoms with van der Waals surface area (Å²) in [6, 6.07) is 8.75. The molecule has 0 saturated carbocycles. The molecule has 18 heavy (non-hydrogen) atoms. The Labute approximate surface area is 112 Å². The standard InChI is InChI=1S/C15H18N2S/c1-11-17-9-13(18-11)8-15(10-16)7-6-12-4-2-3-5-14(12)15/h2-5,9H,6-8,10,16H2,1H3. The Balaban J connectivity index is 1.97. The monoisotopic (exact) mass is 258 g/mol. The SMILES string of the molecule is Cc1ncc(CC2(CN)CCc3ccccc32)s1. The molecule has 0 saturated heterocycles. The van der Waals surface area contributed by atoms with Crippen molar-refractivity contribution < 1.29 is 0 Å². The summed E-state index contributed by atoms with van der Waals surface area (Å²) in [5, 5.41) is 1.14. The summed E-state index contributed by atoms with van der Waals surface area (Å²) >= 11 is 1.80. The summed E-state index contributed by atoms with van der Waals surface area (Å²) in [4.78, 5) is 5.71. The van der Waals surface area contributed by atoms with Crippen LogP contribution in [0.25, 0.3) is 0 Å². The van der Waals surface area contributed by atoms with Gasteiger partial charge in [-0.25, -0.2) is 4.98 Å². The van der Waals surface area contributed by atoms with E-state index in [4.69, 9.17) is 5.73 Å². The highest BCUT2D eigenvalue weighted by Crippen LogP contribution is 2.41. The summed E-state index contributed by atoms with van der Waals surface area (Å²) < 4.78 is 0. The van der Waals surface area contributed by atoms with Crippen LogP contribution in [0, 0.1) is 6.92 Å². The Morgan fingerprint density at radius 2 is 2.22 bits per heavy atom. The molecule has 3 heteroatoms. The lowest BCUT2D eigenvalue weighted by Gasteiger charge is -2.28. The average Bonchev–Trinajstić information content (AvgIpc) is 2.96. The maximum Gasteiger partial charge on any atom is 0.0896 e. The molecular formula is C15H18N2S. The van der Waals surface area contributed by atoms with Gasteiger partial charge in [0.2, 0.25) is 0 Å². The van der Waals surface area contributed by atoms with Gasteiger partial charge in [0, 0.05) is 23.0 Å². The lowest BCUT2D eigenvalue weighted by molar-refractivity contribution is 0.434. The van der Waals surface area contributed by atoms with Crippen molar-refractivity contribution in [3.8, 4) is 0 Å². The first-order valence-corrected chi connectivity index (χ1v) is 7.25. The van der Waals surface area contributed by atoms with Crippen molar-refractivity contribution in [2.24, 2.45) is 5.73 Å². The van der Waals surface area contributed by atoms with Crippen LogP contribution in [-0.2, 0) is 18.3 Å². The highest BCUT2D eigenvalue weighted by Gasteiger charge is 2.37. The summed E-state index contributed by atoms with van der Waals surface area (Å²) in [6.07, 6.45) is 5.37. The van der Waals surface area contributed by atoms with Crippen molar-refractivity contribution in [1.29, 1.82) is 0 Å². The molecule has 0 radical (unpaired) electrons. The zero-order valence-corrected chi connectivity index (χ0v) is 11.5. The molecule has 2 nitrogen and oxygen atoms in total. The quantitative estimate of drug-likeness (QED) is 0.919. The maximum absolute atomic E-state index is 6.12. The number of aryl methyl sites for hydroxylation is 2. The fraction of sp³-hybridized carbons (Fsp3) is 0.400. The van der Waals surface area contributed by atoms with Gasteiger partial charge in [-0.15, -0.1) is 11.3 Å². The van der Waals surface area contributed by atoms with Crippen molar-refractivity contribution >= 4 is 11.3 Å². The molecule has 1 aromatic heterocycles. The van der Waals surface area contributed by atoms with Gasteiger partial charge in [0.25, 0.3) is 0 Å². The Kier molecular flexibility index (Phi) is 2.96. The van der Waals surface area contributed by atoms with Gasteiger partial charge in [-0.3, -0.25) is 0 Å². The summed E-state index contributed by atoms with van der Waals surface area (Å²) in [7, 11) is 0. The fourth-order valence-corrected chi connectivity index (χ4v) is 3.99. The topological polar surface area (TPSA) is 38.9 Å². The van der Waals surface area contributed by atoms with Crippen LogP contribution in [0.4, 0.5) is 0 Å². The number of rotatable bonds is 3. The molecule has 94 valence electrons. The Hall–Kier alpha value is -1.19. The zero-order chi connectivity index (χ0) is 12.6. The zero-order valence-electron chi connectivity index (χ0n) is 10.6. The highest BCUT2D eigenvalue weighted by atomic mass is 32.1. The van der Waals surface area contributed by atoms with E-state index < -0.39 is 0 Å². The predicted octanol–water partition coefficient (Wildman–Crippen LogP) is 2.84. The van der Waals surface area contributed by atoms with Gasteiger partial charge in [-0.1, -0.05) is 24.3 Å². The molecule has 0 bridgehead atoms. The predicted molar refractivity (Wildman–Crippen MR) is 76.1 cm³/mol. The smallest absolute Gasteiger partial charge is 0.0896 e. The summed E-state index contributed by atoms with van der Waals surface area (Å²) in [5.74, 6) is 0. The van der Waals surface area contributed by atoms with Gasteiger partial charge in [0.15, 0.2) is 0 Å². The van der Waals surface area contributed by atoms with Gasteiger partial charge in [-0.05, 0) is 37.3 Å². The fourth-order valence-electron chi connectivity index (χ4n) is 3.05. The van der Waals surface area contributed by atoms with Crippen molar-refractivity contribution in [1.82, 2.24) is 4.98 Å². The van der Waals surface area contributed by atoms with Crippen LogP contribution in [0.5, 0.6) is 0 Å². The minimum Gasteiger partial charge on any atom is -0.330 e. The molecule has 0 spiro atoms. The molecule has 1 atom stereocenters. The number of benzene rings is 1. The third-order valence-electron chi connectivity index (χ3n) is 4.03. The Morgan fingerprint density at radius 3 is 2.94 bits per heavy atom. The van der Waals surface area contributed by atoms with E-state index in [-0.39, 0.29) is 5.41 Å². The molecule has 0 fully saturated rings. The van der Waals surface area contributed by atoms with E-state index in [0.29, 0.717) is 0 Å². The van der Waals surface area contributed by atoms with Gasteiger partial charge >= 0.3 is 0 Å². The number of hydrogen-bond donors (Lipinski definition) is 1. The van der Waals surface area contributed by atoms with E-state index in [1.807, 2.05) is 6.20 Å². The second-order valence-electron chi connectivity index (χ2n) is 5.16. The van der Waals surface area contributed by atoms with E-state index in [2.05, 4.69) is 36.2 Å². The lowest BCUT2D eigenvalue weighted by atomic mass is 9.78. The van der Waals surface area contributed by atoms with E-state index in [1.165, 1.54) is 22.4 Å². The number of aromatic nitrogens is 1. The molecule has 1 aliphatic carbocycles. The minimum absolute atomic E-state index is 0.134. The van der Waals surface area contributed by atoms with Gasteiger partial charge in [-0.2, -0.15) is 0 Å². The van der Waals surface area contributed by atoms with Gasteiger partial charge < -0.3 is 5.73 Å². The van der Waals surface area contributed by atoms with Crippen molar-refractivity contribution in [2.75, 3.05) is 6.54 Å². The van der Waals surface area contributed by atoms with E-state index in [1.54, 1.807) is 11.3 Å².